The Morgan fingerprint density at radius 1 is 1.08 bits per heavy atom. The van der Waals surface area contributed by atoms with Crippen LogP contribution in [-0.4, -0.2) is 42.4 Å². The molecule has 1 aliphatic carbocycles. The van der Waals surface area contributed by atoms with Gasteiger partial charge >= 0.3 is 12.0 Å². The number of aryl methyl sites for hydroxylation is 1. The Morgan fingerprint density at radius 3 is 2.35 bits per heavy atom. The number of nitrogens with one attached hydrogen (secondary N) is 2. The van der Waals surface area contributed by atoms with Crippen molar-refractivity contribution in [1.29, 1.82) is 0 Å². The summed E-state index contributed by atoms with van der Waals surface area (Å²) in [6, 6.07) is 13.6. The monoisotopic (exact) mass is 509 g/mol. The average molecular weight is 510 g/mol. The van der Waals surface area contributed by atoms with Crippen LogP contribution in [0.15, 0.2) is 42.5 Å². The van der Waals surface area contributed by atoms with Crippen LogP contribution < -0.4 is 15.5 Å². The summed E-state index contributed by atoms with van der Waals surface area (Å²) in [4.78, 5) is 27.4. The van der Waals surface area contributed by atoms with E-state index in [1.807, 2.05) is 70.2 Å². The number of carbonyl (C=O) groups is 2. The number of methoxy groups -OCH3 is 1. The Kier molecular flexibility index (Phi) is 9.98. The van der Waals surface area contributed by atoms with E-state index >= 15 is 0 Å². The molecule has 3 N–H and O–H groups in total. The molecule has 0 heterocycles. The summed E-state index contributed by atoms with van der Waals surface area (Å²) in [5.74, 6) is -0.284. The predicted octanol–water partition coefficient (Wildman–Crippen LogP) is 6.61. The highest BCUT2D eigenvalue weighted by molar-refractivity contribution is 6.02. The number of urea groups is 1. The van der Waals surface area contributed by atoms with Crippen molar-refractivity contribution in [3.8, 4) is 0 Å². The second kappa shape index (κ2) is 13.0. The van der Waals surface area contributed by atoms with Gasteiger partial charge in [0.15, 0.2) is 0 Å². The Morgan fingerprint density at radius 2 is 1.76 bits per heavy atom. The second-order valence-electron chi connectivity index (χ2n) is 10.8. The highest BCUT2D eigenvalue weighted by atomic mass is 16.5. The molecule has 0 spiro atoms. The minimum absolute atomic E-state index is 0.0281. The van der Waals surface area contributed by atoms with E-state index in [-0.39, 0.29) is 30.4 Å². The third kappa shape index (κ3) is 8.49. The van der Waals surface area contributed by atoms with Crippen LogP contribution in [0.4, 0.5) is 21.9 Å². The fraction of sp³-hybridized carbons (Fsp3) is 0.533. The number of rotatable bonds is 10. The Bertz CT molecular complexity index is 1040. The van der Waals surface area contributed by atoms with Gasteiger partial charge < -0.3 is 25.4 Å². The molecule has 0 aromatic heterocycles. The number of ether oxygens (including phenoxy) is 1. The van der Waals surface area contributed by atoms with Gasteiger partial charge in [0.25, 0.3) is 0 Å². The summed E-state index contributed by atoms with van der Waals surface area (Å²) >= 11 is 0. The summed E-state index contributed by atoms with van der Waals surface area (Å²) < 4.78 is 4.92. The highest BCUT2D eigenvalue weighted by Crippen LogP contribution is 2.37. The van der Waals surface area contributed by atoms with Crippen LogP contribution in [0.1, 0.15) is 82.8 Å². The van der Waals surface area contributed by atoms with E-state index in [1.165, 1.54) is 13.5 Å². The molecule has 1 aliphatic rings. The zero-order valence-electron chi connectivity index (χ0n) is 23.0. The zero-order valence-corrected chi connectivity index (χ0v) is 23.0. The van der Waals surface area contributed by atoms with Gasteiger partial charge in [-0.05, 0) is 75.8 Å². The van der Waals surface area contributed by atoms with Crippen molar-refractivity contribution in [2.24, 2.45) is 0 Å². The Labute approximate surface area is 221 Å². The van der Waals surface area contributed by atoms with E-state index in [4.69, 9.17) is 4.74 Å². The first kappa shape index (κ1) is 28.5. The van der Waals surface area contributed by atoms with Gasteiger partial charge in [0.2, 0.25) is 0 Å². The van der Waals surface area contributed by atoms with Gasteiger partial charge in [0, 0.05) is 18.3 Å². The van der Waals surface area contributed by atoms with Crippen LogP contribution in [0, 0.1) is 6.92 Å². The maximum Gasteiger partial charge on any atom is 0.323 e. The lowest BCUT2D eigenvalue weighted by Gasteiger charge is -2.40. The molecule has 37 heavy (non-hydrogen) atoms. The van der Waals surface area contributed by atoms with Crippen LogP contribution in [0.5, 0.6) is 0 Å². The van der Waals surface area contributed by atoms with E-state index < -0.39 is 5.60 Å². The summed E-state index contributed by atoms with van der Waals surface area (Å²) in [6.07, 6.45) is 6.66. The average Bonchev–Trinajstić information content (AvgIpc) is 2.87. The molecular formula is C30H43N3O4. The smallest absolute Gasteiger partial charge is 0.323 e. The minimum atomic E-state index is -0.908. The van der Waals surface area contributed by atoms with Crippen LogP contribution in [0.3, 0.4) is 0 Å². The van der Waals surface area contributed by atoms with E-state index in [0.717, 1.165) is 48.9 Å². The first-order valence-electron chi connectivity index (χ1n) is 13.4. The van der Waals surface area contributed by atoms with Crippen LogP contribution in [0.2, 0.25) is 0 Å². The standard InChI is InChI=1S/C30H43N3O4/c1-6-22(19-28(34)37-5)23-14-17-27(33(20-30(3,4)36)25-10-8-7-9-11-25)26(18-23)32-29(35)31-24-15-12-21(2)13-16-24/h12-18,22,25,36H,6-11,19-20H2,1-5H3,(H2,31,32,35)/t22-/m0/s1. The van der Waals surface area contributed by atoms with Crippen molar-refractivity contribution in [3.63, 3.8) is 0 Å². The van der Waals surface area contributed by atoms with Crippen molar-refractivity contribution in [1.82, 2.24) is 0 Å². The summed E-state index contributed by atoms with van der Waals surface area (Å²) in [5, 5.41) is 16.8. The van der Waals surface area contributed by atoms with Crippen LogP contribution in [0.25, 0.3) is 0 Å². The van der Waals surface area contributed by atoms with Gasteiger partial charge in [-0.1, -0.05) is 49.9 Å². The molecule has 2 aromatic rings. The van der Waals surface area contributed by atoms with E-state index in [2.05, 4.69) is 15.5 Å². The number of esters is 1. The lowest BCUT2D eigenvalue weighted by atomic mass is 9.90. The highest BCUT2D eigenvalue weighted by Gasteiger charge is 2.29. The minimum Gasteiger partial charge on any atom is -0.469 e. The number of hydrogen-bond acceptors (Lipinski definition) is 5. The van der Waals surface area contributed by atoms with Gasteiger partial charge in [-0.15, -0.1) is 0 Å². The SMILES string of the molecule is CC[C@@H](CC(=O)OC)c1ccc(N(CC(C)(C)O)C2CCCCC2)c(NC(=O)Nc2ccc(C)cc2)c1. The maximum absolute atomic E-state index is 13.1. The molecule has 0 aliphatic heterocycles. The number of carbonyl (C=O) groups excluding carboxylic acids is 2. The third-order valence-electron chi connectivity index (χ3n) is 7.07. The Balaban J connectivity index is 1.99. The number of nitrogens with zero attached hydrogens (tertiary/aromatic N) is 1. The van der Waals surface area contributed by atoms with Crippen molar-refractivity contribution >= 4 is 29.1 Å². The molecule has 2 amide bonds. The number of aliphatic hydroxyl groups is 1. The molecule has 1 atom stereocenters. The van der Waals surface area contributed by atoms with Crippen molar-refractivity contribution in [3.05, 3.63) is 53.6 Å². The molecule has 0 radical (unpaired) electrons. The van der Waals surface area contributed by atoms with Crippen molar-refractivity contribution in [2.75, 3.05) is 29.2 Å². The van der Waals surface area contributed by atoms with Gasteiger partial charge in [-0.3, -0.25) is 4.79 Å². The molecule has 0 unspecified atom stereocenters. The lowest BCUT2D eigenvalue weighted by Crippen LogP contribution is -2.46. The van der Waals surface area contributed by atoms with Crippen LogP contribution >= 0.6 is 0 Å². The molecule has 2 aromatic carbocycles. The van der Waals surface area contributed by atoms with E-state index in [9.17, 15) is 14.7 Å². The fourth-order valence-corrected chi connectivity index (χ4v) is 5.08. The zero-order chi connectivity index (χ0) is 27.0. The molecule has 7 nitrogen and oxygen atoms in total. The van der Waals surface area contributed by atoms with Gasteiger partial charge in [0.05, 0.1) is 30.5 Å². The van der Waals surface area contributed by atoms with Crippen molar-refractivity contribution < 1.29 is 19.4 Å². The second-order valence-corrected chi connectivity index (χ2v) is 10.8. The largest absolute Gasteiger partial charge is 0.469 e. The molecule has 0 saturated heterocycles. The van der Waals surface area contributed by atoms with Gasteiger partial charge in [0.1, 0.15) is 0 Å². The quantitative estimate of drug-likeness (QED) is 0.314. The molecule has 1 fully saturated rings. The van der Waals surface area contributed by atoms with E-state index in [1.54, 1.807) is 0 Å². The van der Waals surface area contributed by atoms with Gasteiger partial charge in [-0.25, -0.2) is 4.79 Å². The number of amides is 2. The molecule has 7 heteroatoms. The third-order valence-corrected chi connectivity index (χ3v) is 7.07. The first-order chi connectivity index (χ1) is 17.6. The topological polar surface area (TPSA) is 90.9 Å². The molecule has 0 bridgehead atoms. The number of anilines is 3. The first-order valence-corrected chi connectivity index (χ1v) is 13.4. The number of hydrogen-bond donors (Lipinski definition) is 3. The molecule has 202 valence electrons. The molecular weight excluding hydrogens is 466 g/mol. The normalized spacial score (nSPS) is 15.1. The Hall–Kier alpha value is -3.06. The summed E-state index contributed by atoms with van der Waals surface area (Å²) in [7, 11) is 1.40. The summed E-state index contributed by atoms with van der Waals surface area (Å²) in [5.41, 5.74) is 3.43. The number of benzene rings is 2. The molecule has 1 saturated carbocycles. The predicted molar refractivity (Wildman–Crippen MR) is 150 cm³/mol. The summed E-state index contributed by atoms with van der Waals surface area (Å²) in [6.45, 7) is 8.13. The van der Waals surface area contributed by atoms with Gasteiger partial charge in [-0.2, -0.15) is 0 Å². The molecule has 3 rings (SSSR count). The maximum atomic E-state index is 13.1. The van der Waals surface area contributed by atoms with Crippen LogP contribution in [-0.2, 0) is 9.53 Å². The lowest BCUT2D eigenvalue weighted by molar-refractivity contribution is -0.141. The fourth-order valence-electron chi connectivity index (χ4n) is 5.08. The van der Waals surface area contributed by atoms with Crippen molar-refractivity contribution in [2.45, 2.75) is 90.2 Å². The van der Waals surface area contributed by atoms with E-state index in [0.29, 0.717) is 17.9 Å².